The Morgan fingerprint density at radius 1 is 1.11 bits per heavy atom. The van der Waals surface area contributed by atoms with Crippen LogP contribution < -0.4 is 0 Å². The second kappa shape index (κ2) is 4.31. The predicted molar refractivity (Wildman–Crippen MR) is 76.0 cm³/mol. The summed E-state index contributed by atoms with van der Waals surface area (Å²) >= 11 is 0. The predicted octanol–water partition coefficient (Wildman–Crippen LogP) is 3.98. The van der Waals surface area contributed by atoms with Crippen LogP contribution in [-0.4, -0.2) is 19.0 Å². The van der Waals surface area contributed by atoms with Crippen molar-refractivity contribution in [3.8, 4) is 0 Å². The lowest BCUT2D eigenvalue weighted by Crippen LogP contribution is -2.58. The molecular formula is C17H28O2. The lowest BCUT2D eigenvalue weighted by molar-refractivity contribution is -0.171. The molecule has 0 radical (unpaired) electrons. The molecule has 0 aliphatic heterocycles. The average Bonchev–Trinajstić information content (AvgIpc) is 2.24. The molecule has 0 aromatic rings. The van der Waals surface area contributed by atoms with Gasteiger partial charge in [0, 0.05) is 12.0 Å². The number of rotatable bonds is 5. The molecule has 4 bridgehead atoms. The Kier molecular flexibility index (Phi) is 3.09. The van der Waals surface area contributed by atoms with E-state index in [1.54, 1.807) is 0 Å². The first kappa shape index (κ1) is 13.6. The molecule has 2 atom stereocenters. The van der Waals surface area contributed by atoms with E-state index in [0.717, 1.165) is 38.2 Å². The molecule has 0 aromatic carbocycles. The summed E-state index contributed by atoms with van der Waals surface area (Å²) in [5.41, 5.74) is 0.819. The van der Waals surface area contributed by atoms with Gasteiger partial charge in [0.25, 0.3) is 0 Å². The van der Waals surface area contributed by atoms with E-state index in [1.807, 2.05) is 0 Å². The zero-order chi connectivity index (χ0) is 13.7. The minimum atomic E-state index is -0.0311. The molecule has 0 spiro atoms. The third kappa shape index (κ3) is 2.26. The van der Waals surface area contributed by atoms with Gasteiger partial charge in [0.2, 0.25) is 0 Å². The van der Waals surface area contributed by atoms with E-state index in [9.17, 15) is 4.79 Å². The van der Waals surface area contributed by atoms with Gasteiger partial charge in [-0.05, 0) is 61.7 Å². The highest BCUT2D eigenvalue weighted by molar-refractivity contribution is 5.86. The Bertz CT molecular complexity index is 369. The summed E-state index contributed by atoms with van der Waals surface area (Å²) in [6.45, 7) is 8.01. The maximum absolute atomic E-state index is 12.7. The SMILES string of the molecule is CCCOCC(=O)C12CC3CC(C)(CC(C)(C3)C1)C2. The molecular weight excluding hydrogens is 236 g/mol. The van der Waals surface area contributed by atoms with E-state index in [0.29, 0.717) is 23.2 Å². The highest BCUT2D eigenvalue weighted by atomic mass is 16.5. The number of ketones is 1. The van der Waals surface area contributed by atoms with Gasteiger partial charge in [0.05, 0.1) is 0 Å². The maximum Gasteiger partial charge on any atom is 0.164 e. The van der Waals surface area contributed by atoms with Crippen molar-refractivity contribution in [2.45, 2.75) is 65.7 Å². The van der Waals surface area contributed by atoms with Crippen molar-refractivity contribution in [1.82, 2.24) is 0 Å². The van der Waals surface area contributed by atoms with Gasteiger partial charge in [-0.1, -0.05) is 20.8 Å². The van der Waals surface area contributed by atoms with Gasteiger partial charge < -0.3 is 4.74 Å². The van der Waals surface area contributed by atoms with Crippen LogP contribution in [0.15, 0.2) is 0 Å². The summed E-state index contributed by atoms with van der Waals surface area (Å²) in [6, 6.07) is 0. The summed E-state index contributed by atoms with van der Waals surface area (Å²) in [7, 11) is 0. The fourth-order valence-corrected chi connectivity index (χ4v) is 6.22. The van der Waals surface area contributed by atoms with Gasteiger partial charge in [-0.2, -0.15) is 0 Å². The van der Waals surface area contributed by atoms with Crippen LogP contribution >= 0.6 is 0 Å². The first-order chi connectivity index (χ1) is 8.89. The Balaban J connectivity index is 1.78. The molecule has 0 N–H and O–H groups in total. The highest BCUT2D eigenvalue weighted by Crippen LogP contribution is 2.69. The molecule has 4 aliphatic carbocycles. The standard InChI is InChI=1S/C17H28O2/c1-4-5-19-9-14(18)17-8-13-6-15(2,11-17)10-16(3,7-13)12-17/h13H,4-12H2,1-3H3. The Labute approximate surface area is 117 Å². The van der Waals surface area contributed by atoms with E-state index < -0.39 is 0 Å². The quantitative estimate of drug-likeness (QED) is 0.702. The number of hydrogen-bond donors (Lipinski definition) is 0. The van der Waals surface area contributed by atoms with Crippen molar-refractivity contribution in [3.63, 3.8) is 0 Å². The van der Waals surface area contributed by atoms with E-state index in [-0.39, 0.29) is 5.41 Å². The van der Waals surface area contributed by atoms with Crippen molar-refractivity contribution in [2.24, 2.45) is 22.2 Å². The number of ether oxygens (including phenoxy) is 1. The van der Waals surface area contributed by atoms with Crippen LogP contribution in [0.2, 0.25) is 0 Å². The second-order valence-electron chi connectivity index (χ2n) is 8.39. The van der Waals surface area contributed by atoms with Crippen molar-refractivity contribution >= 4 is 5.78 Å². The lowest BCUT2D eigenvalue weighted by atomic mass is 9.39. The molecule has 0 saturated heterocycles. The number of carbonyl (C=O) groups is 1. The second-order valence-corrected chi connectivity index (χ2v) is 8.39. The van der Waals surface area contributed by atoms with Gasteiger partial charge in [-0.3, -0.25) is 4.79 Å². The van der Waals surface area contributed by atoms with Crippen LogP contribution in [0.4, 0.5) is 0 Å². The summed E-state index contributed by atoms with van der Waals surface area (Å²) in [5.74, 6) is 1.20. The normalized spacial score (nSPS) is 47.6. The molecule has 4 fully saturated rings. The number of hydrogen-bond acceptors (Lipinski definition) is 2. The van der Waals surface area contributed by atoms with Crippen LogP contribution in [0.5, 0.6) is 0 Å². The maximum atomic E-state index is 12.7. The first-order valence-corrected chi connectivity index (χ1v) is 8.00. The van der Waals surface area contributed by atoms with Gasteiger partial charge in [0.15, 0.2) is 5.78 Å². The zero-order valence-electron chi connectivity index (χ0n) is 12.8. The van der Waals surface area contributed by atoms with E-state index in [4.69, 9.17) is 4.74 Å². The minimum absolute atomic E-state index is 0.0311. The molecule has 4 saturated carbocycles. The summed E-state index contributed by atoms with van der Waals surface area (Å²) in [6.07, 6.45) is 8.44. The Morgan fingerprint density at radius 2 is 1.74 bits per heavy atom. The van der Waals surface area contributed by atoms with Crippen LogP contribution in [0.25, 0.3) is 0 Å². The molecule has 19 heavy (non-hydrogen) atoms. The molecule has 2 heteroatoms. The van der Waals surface area contributed by atoms with Crippen molar-refractivity contribution in [3.05, 3.63) is 0 Å². The fraction of sp³-hybridized carbons (Fsp3) is 0.941. The van der Waals surface area contributed by atoms with Gasteiger partial charge in [0.1, 0.15) is 6.61 Å². The van der Waals surface area contributed by atoms with Gasteiger partial charge in [-0.15, -0.1) is 0 Å². The summed E-state index contributed by atoms with van der Waals surface area (Å²) in [5, 5.41) is 0. The minimum Gasteiger partial charge on any atom is -0.374 e. The first-order valence-electron chi connectivity index (χ1n) is 8.00. The smallest absolute Gasteiger partial charge is 0.164 e. The molecule has 4 aliphatic rings. The monoisotopic (exact) mass is 264 g/mol. The van der Waals surface area contributed by atoms with Gasteiger partial charge in [-0.25, -0.2) is 0 Å². The van der Waals surface area contributed by atoms with Crippen LogP contribution in [0, 0.1) is 22.2 Å². The average molecular weight is 264 g/mol. The van der Waals surface area contributed by atoms with Crippen LogP contribution in [0.1, 0.15) is 65.7 Å². The summed E-state index contributed by atoms with van der Waals surface area (Å²) in [4.78, 5) is 12.7. The third-order valence-electron chi connectivity index (χ3n) is 5.80. The van der Waals surface area contributed by atoms with Crippen molar-refractivity contribution in [2.75, 3.05) is 13.2 Å². The topological polar surface area (TPSA) is 26.3 Å². The molecule has 108 valence electrons. The Morgan fingerprint density at radius 3 is 2.26 bits per heavy atom. The summed E-state index contributed by atoms with van der Waals surface area (Å²) < 4.78 is 5.55. The third-order valence-corrected chi connectivity index (χ3v) is 5.80. The molecule has 0 aromatic heterocycles. The van der Waals surface area contributed by atoms with E-state index in [1.165, 1.54) is 19.3 Å². The molecule has 0 heterocycles. The van der Waals surface area contributed by atoms with Crippen molar-refractivity contribution in [1.29, 1.82) is 0 Å². The van der Waals surface area contributed by atoms with E-state index in [2.05, 4.69) is 20.8 Å². The molecule has 2 unspecified atom stereocenters. The van der Waals surface area contributed by atoms with Gasteiger partial charge >= 0.3 is 0 Å². The Hall–Kier alpha value is -0.370. The molecule has 4 rings (SSSR count). The largest absolute Gasteiger partial charge is 0.374 e. The fourth-order valence-electron chi connectivity index (χ4n) is 6.22. The molecule has 2 nitrogen and oxygen atoms in total. The highest BCUT2D eigenvalue weighted by Gasteiger charge is 2.62. The lowest BCUT2D eigenvalue weighted by Gasteiger charge is -2.64. The molecule has 0 amide bonds. The van der Waals surface area contributed by atoms with E-state index >= 15 is 0 Å². The zero-order valence-corrected chi connectivity index (χ0v) is 12.8. The number of carbonyl (C=O) groups excluding carboxylic acids is 1. The number of Topliss-reactive ketones (excluding diaryl/α,β-unsaturated/α-hetero) is 1. The van der Waals surface area contributed by atoms with Crippen LogP contribution in [-0.2, 0) is 9.53 Å². The van der Waals surface area contributed by atoms with Crippen molar-refractivity contribution < 1.29 is 9.53 Å². The van der Waals surface area contributed by atoms with Crippen LogP contribution in [0.3, 0.4) is 0 Å².